The first-order chi connectivity index (χ1) is 8.00. The van der Waals surface area contributed by atoms with Gasteiger partial charge in [0.25, 0.3) is 0 Å². The summed E-state index contributed by atoms with van der Waals surface area (Å²) in [4.78, 5) is 0.375. The molecule has 2 rings (SSSR count). The molecule has 0 aliphatic carbocycles. The third-order valence-electron chi connectivity index (χ3n) is 2.71. The number of benzene rings is 1. The van der Waals surface area contributed by atoms with Crippen molar-refractivity contribution in [2.24, 2.45) is 0 Å². The minimum atomic E-state index is -3.17. The Kier molecular flexibility index (Phi) is 3.40. The Balaban J connectivity index is 2.17. The first-order valence-electron chi connectivity index (χ1n) is 5.71. The fraction of sp³-hybridized carbons (Fsp3) is 0.500. The first-order valence-corrected chi connectivity index (χ1v) is 7.26. The molecule has 0 aromatic heterocycles. The highest BCUT2D eigenvalue weighted by molar-refractivity contribution is 7.92. The molecule has 1 aromatic carbocycles. The van der Waals surface area contributed by atoms with Crippen LogP contribution in [0.15, 0.2) is 29.2 Å². The van der Waals surface area contributed by atoms with Gasteiger partial charge in [-0.1, -0.05) is 0 Å². The molecule has 0 radical (unpaired) electrons. The van der Waals surface area contributed by atoms with Crippen molar-refractivity contribution in [3.8, 4) is 5.75 Å². The van der Waals surface area contributed by atoms with Crippen molar-refractivity contribution in [1.82, 2.24) is 5.32 Å². The monoisotopic (exact) mass is 255 g/mol. The number of sulfone groups is 1. The largest absolute Gasteiger partial charge is 0.491 e. The van der Waals surface area contributed by atoms with Crippen LogP contribution in [0.5, 0.6) is 5.75 Å². The number of nitrogens with one attached hydrogen (secondary N) is 1. The molecule has 1 aliphatic rings. The van der Waals surface area contributed by atoms with Gasteiger partial charge >= 0.3 is 0 Å². The summed E-state index contributed by atoms with van der Waals surface area (Å²) in [6, 6.07) is 6.65. The number of rotatable bonds is 4. The van der Waals surface area contributed by atoms with Crippen LogP contribution >= 0.6 is 0 Å². The van der Waals surface area contributed by atoms with Gasteiger partial charge in [0.15, 0.2) is 9.84 Å². The van der Waals surface area contributed by atoms with Crippen molar-refractivity contribution in [2.45, 2.75) is 30.1 Å². The zero-order valence-electron chi connectivity index (χ0n) is 10.0. The molecule has 1 aliphatic heterocycles. The predicted octanol–water partition coefficient (Wildman–Crippen LogP) is 1.22. The highest BCUT2D eigenvalue weighted by Crippen LogP contribution is 2.22. The maximum atomic E-state index is 12.1. The third-order valence-corrected chi connectivity index (χ3v) is 4.85. The maximum Gasteiger partial charge on any atom is 0.183 e. The average Bonchev–Trinajstić information content (AvgIpc) is 2.13. The van der Waals surface area contributed by atoms with Gasteiger partial charge in [-0.05, 0) is 38.1 Å². The number of ether oxygens (including phenoxy) is 1. The summed E-state index contributed by atoms with van der Waals surface area (Å²) in [5, 5.41) is 2.69. The molecule has 0 saturated carbocycles. The molecule has 0 atom stereocenters. The Bertz CT molecular complexity index is 475. The number of hydrogen-bond acceptors (Lipinski definition) is 4. The van der Waals surface area contributed by atoms with Crippen molar-refractivity contribution >= 4 is 9.84 Å². The van der Waals surface area contributed by atoms with Crippen molar-refractivity contribution in [3.05, 3.63) is 24.3 Å². The molecule has 0 spiro atoms. The van der Waals surface area contributed by atoms with E-state index in [9.17, 15) is 8.42 Å². The second-order valence-electron chi connectivity index (χ2n) is 4.46. The summed E-state index contributed by atoms with van der Waals surface area (Å²) < 4.78 is 29.6. The predicted molar refractivity (Wildman–Crippen MR) is 66.0 cm³/mol. The van der Waals surface area contributed by atoms with E-state index in [1.807, 2.05) is 13.8 Å². The molecule has 1 heterocycles. The highest BCUT2D eigenvalue weighted by atomic mass is 32.2. The average molecular weight is 255 g/mol. The van der Waals surface area contributed by atoms with Crippen molar-refractivity contribution in [2.75, 3.05) is 13.1 Å². The van der Waals surface area contributed by atoms with Crippen LogP contribution in [-0.2, 0) is 9.84 Å². The molecule has 5 heteroatoms. The van der Waals surface area contributed by atoms with Crippen LogP contribution in [-0.4, -0.2) is 32.9 Å². The van der Waals surface area contributed by atoms with E-state index in [-0.39, 0.29) is 11.4 Å². The fourth-order valence-electron chi connectivity index (χ4n) is 1.65. The summed E-state index contributed by atoms with van der Waals surface area (Å²) in [5.74, 6) is 0.700. The molecule has 4 nitrogen and oxygen atoms in total. The number of hydrogen-bond donors (Lipinski definition) is 1. The van der Waals surface area contributed by atoms with E-state index >= 15 is 0 Å². The van der Waals surface area contributed by atoms with Crippen LogP contribution in [0, 0.1) is 0 Å². The van der Waals surface area contributed by atoms with Crippen LogP contribution in [0.3, 0.4) is 0 Å². The van der Waals surface area contributed by atoms with E-state index < -0.39 is 9.84 Å². The molecule has 0 unspecified atom stereocenters. The molecule has 94 valence electrons. The van der Waals surface area contributed by atoms with E-state index in [0.717, 1.165) is 0 Å². The summed E-state index contributed by atoms with van der Waals surface area (Å²) in [6.07, 6.45) is 0.0910. The lowest BCUT2D eigenvalue weighted by Gasteiger charge is -2.26. The zero-order valence-corrected chi connectivity index (χ0v) is 10.8. The Morgan fingerprint density at radius 1 is 1.24 bits per heavy atom. The van der Waals surface area contributed by atoms with Gasteiger partial charge < -0.3 is 10.1 Å². The molecule has 1 N–H and O–H groups in total. The minimum absolute atomic E-state index is 0.0910. The van der Waals surface area contributed by atoms with E-state index in [0.29, 0.717) is 23.7 Å². The minimum Gasteiger partial charge on any atom is -0.491 e. The maximum absolute atomic E-state index is 12.1. The first kappa shape index (κ1) is 12.4. The smallest absolute Gasteiger partial charge is 0.183 e. The lowest BCUT2D eigenvalue weighted by Crippen LogP contribution is -2.51. The van der Waals surface area contributed by atoms with E-state index in [1.165, 1.54) is 0 Å². The topological polar surface area (TPSA) is 55.4 Å². The molecule has 0 amide bonds. The molecule has 1 saturated heterocycles. The summed E-state index contributed by atoms with van der Waals surface area (Å²) >= 11 is 0. The second kappa shape index (κ2) is 4.66. The van der Waals surface area contributed by atoms with Gasteiger partial charge in [-0.2, -0.15) is 0 Å². The van der Waals surface area contributed by atoms with Crippen molar-refractivity contribution in [1.29, 1.82) is 0 Å². The van der Waals surface area contributed by atoms with E-state index in [2.05, 4.69) is 5.32 Å². The molecule has 0 bridgehead atoms. The highest BCUT2D eigenvalue weighted by Gasteiger charge is 2.32. The molecule has 17 heavy (non-hydrogen) atoms. The molecular weight excluding hydrogens is 238 g/mol. The normalized spacial score (nSPS) is 16.9. The Hall–Kier alpha value is -1.07. The fourth-order valence-corrected chi connectivity index (χ4v) is 3.23. The Morgan fingerprint density at radius 3 is 2.24 bits per heavy atom. The van der Waals surface area contributed by atoms with E-state index in [4.69, 9.17) is 4.74 Å². The van der Waals surface area contributed by atoms with Crippen LogP contribution in [0.1, 0.15) is 13.8 Å². The zero-order chi connectivity index (χ0) is 12.5. The summed E-state index contributed by atoms with van der Waals surface area (Å²) in [7, 11) is -3.17. The van der Waals surface area contributed by atoms with Crippen LogP contribution in [0.4, 0.5) is 0 Å². The lowest BCUT2D eigenvalue weighted by molar-refractivity contribution is 0.242. The van der Waals surface area contributed by atoms with Crippen LogP contribution in [0.2, 0.25) is 0 Å². The van der Waals surface area contributed by atoms with Crippen LogP contribution in [0.25, 0.3) is 0 Å². The van der Waals surface area contributed by atoms with Crippen LogP contribution < -0.4 is 10.1 Å². The second-order valence-corrected chi connectivity index (χ2v) is 6.69. The van der Waals surface area contributed by atoms with Gasteiger partial charge in [0, 0.05) is 13.1 Å². The van der Waals surface area contributed by atoms with Gasteiger partial charge in [0.05, 0.1) is 16.2 Å². The van der Waals surface area contributed by atoms with Gasteiger partial charge in [0.1, 0.15) is 5.75 Å². The van der Waals surface area contributed by atoms with E-state index in [1.54, 1.807) is 24.3 Å². The Labute approximate surface area is 102 Å². The Morgan fingerprint density at radius 2 is 1.82 bits per heavy atom. The molecular formula is C12H17NO3S. The summed E-state index contributed by atoms with van der Waals surface area (Å²) in [5.41, 5.74) is 0. The standard InChI is InChI=1S/C12H17NO3S/c1-9(2)16-10-3-5-11(6-4-10)17(14,15)12-7-13-8-12/h3-6,9,12-13H,7-8H2,1-2H3. The van der Waals surface area contributed by atoms with Crippen molar-refractivity contribution in [3.63, 3.8) is 0 Å². The molecule has 1 fully saturated rings. The van der Waals surface area contributed by atoms with Gasteiger partial charge in [-0.15, -0.1) is 0 Å². The molecule has 1 aromatic rings. The third kappa shape index (κ3) is 2.61. The van der Waals surface area contributed by atoms with Crippen molar-refractivity contribution < 1.29 is 13.2 Å². The SMILES string of the molecule is CC(C)Oc1ccc(S(=O)(=O)C2CNC2)cc1. The lowest BCUT2D eigenvalue weighted by atomic mass is 10.3. The summed E-state index contributed by atoms with van der Waals surface area (Å²) in [6.45, 7) is 4.97. The van der Waals surface area contributed by atoms with Gasteiger partial charge in [-0.25, -0.2) is 8.42 Å². The van der Waals surface area contributed by atoms with Gasteiger partial charge in [0.2, 0.25) is 0 Å². The quantitative estimate of drug-likeness (QED) is 0.879. The van der Waals surface area contributed by atoms with Gasteiger partial charge in [-0.3, -0.25) is 0 Å².